The smallest absolute Gasteiger partial charge is 0.251 e. The highest BCUT2D eigenvalue weighted by Gasteiger charge is 2.18. The summed E-state index contributed by atoms with van der Waals surface area (Å²) in [7, 11) is 2.04. The first-order chi connectivity index (χ1) is 13.1. The van der Waals surface area contributed by atoms with Gasteiger partial charge in [-0.25, -0.2) is 0 Å². The van der Waals surface area contributed by atoms with E-state index < -0.39 is 0 Å². The molecule has 6 nitrogen and oxygen atoms in total. The van der Waals surface area contributed by atoms with Crippen molar-refractivity contribution >= 4 is 12.2 Å². The van der Waals surface area contributed by atoms with Crippen molar-refractivity contribution in [3.8, 4) is 5.75 Å². The fourth-order valence-electron chi connectivity index (χ4n) is 2.73. The molecular formula is C21H27N3O3. The summed E-state index contributed by atoms with van der Waals surface area (Å²) in [6, 6.07) is 16.6. The van der Waals surface area contributed by atoms with Crippen LogP contribution in [0.4, 0.5) is 0 Å². The van der Waals surface area contributed by atoms with Crippen molar-refractivity contribution < 1.29 is 14.7 Å². The van der Waals surface area contributed by atoms with E-state index >= 15 is 0 Å². The summed E-state index contributed by atoms with van der Waals surface area (Å²) in [5.74, 6) is 0.0574. The molecule has 3 N–H and O–H groups in total. The Morgan fingerprint density at radius 1 is 1.22 bits per heavy atom. The van der Waals surface area contributed by atoms with E-state index in [-0.39, 0.29) is 11.7 Å². The van der Waals surface area contributed by atoms with E-state index in [9.17, 15) is 9.59 Å². The first-order valence-corrected chi connectivity index (χ1v) is 9.05. The van der Waals surface area contributed by atoms with Crippen LogP contribution in [0.3, 0.4) is 0 Å². The zero-order chi connectivity index (χ0) is 19.5. The highest BCUT2D eigenvalue weighted by molar-refractivity contribution is 5.94. The average molecular weight is 369 g/mol. The number of phenolic OH excluding ortho intramolecular Hbond substituents is 1. The molecule has 6 heteroatoms. The van der Waals surface area contributed by atoms with Crippen molar-refractivity contribution in [3.63, 3.8) is 0 Å². The Morgan fingerprint density at radius 2 is 1.93 bits per heavy atom. The van der Waals surface area contributed by atoms with Crippen molar-refractivity contribution in [2.75, 3.05) is 26.8 Å². The van der Waals surface area contributed by atoms with Gasteiger partial charge in [0, 0.05) is 37.8 Å². The zero-order valence-electron chi connectivity index (χ0n) is 15.6. The number of amides is 1. The van der Waals surface area contributed by atoms with Crippen LogP contribution in [0.2, 0.25) is 0 Å². The molecule has 1 fully saturated rings. The van der Waals surface area contributed by atoms with Gasteiger partial charge in [-0.05, 0) is 43.3 Å². The van der Waals surface area contributed by atoms with Gasteiger partial charge >= 0.3 is 0 Å². The number of hydrogen-bond acceptors (Lipinski definition) is 5. The predicted molar refractivity (Wildman–Crippen MR) is 106 cm³/mol. The number of rotatable bonds is 6. The minimum absolute atomic E-state index is 0.110. The Balaban J connectivity index is 0.000000223. The molecule has 144 valence electrons. The fraction of sp³-hybridized carbons (Fsp3) is 0.333. The topological polar surface area (TPSA) is 81.7 Å². The largest absolute Gasteiger partial charge is 0.508 e. The summed E-state index contributed by atoms with van der Waals surface area (Å²) in [6.45, 7) is 2.42. The van der Waals surface area contributed by atoms with E-state index in [0.29, 0.717) is 24.6 Å². The lowest BCUT2D eigenvalue weighted by atomic mass is 10.1. The van der Waals surface area contributed by atoms with E-state index in [1.165, 1.54) is 17.7 Å². The molecule has 3 rings (SSSR count). The average Bonchev–Trinajstić information content (AvgIpc) is 3.11. The van der Waals surface area contributed by atoms with Crippen LogP contribution in [0.5, 0.6) is 5.75 Å². The Kier molecular flexibility index (Phi) is 8.48. The number of aryl methyl sites for hydroxylation is 1. The van der Waals surface area contributed by atoms with Crippen LogP contribution in [0, 0.1) is 0 Å². The molecule has 2 aromatic rings. The van der Waals surface area contributed by atoms with Crippen molar-refractivity contribution in [3.05, 3.63) is 65.7 Å². The van der Waals surface area contributed by atoms with Crippen molar-refractivity contribution in [1.82, 2.24) is 15.5 Å². The number of likely N-dealkylation sites (N-methyl/N-ethyl adjacent to an activating group) is 1. The molecule has 1 atom stereocenters. The van der Waals surface area contributed by atoms with Crippen LogP contribution in [0.1, 0.15) is 22.3 Å². The van der Waals surface area contributed by atoms with Crippen LogP contribution in [0.15, 0.2) is 54.6 Å². The number of aromatic hydroxyl groups is 1. The third kappa shape index (κ3) is 7.60. The molecule has 0 bridgehead atoms. The maximum Gasteiger partial charge on any atom is 0.251 e. The second-order valence-corrected chi connectivity index (χ2v) is 6.55. The molecule has 0 aliphatic carbocycles. The predicted octanol–water partition coefficient (Wildman–Crippen LogP) is 1.80. The lowest BCUT2D eigenvalue weighted by molar-refractivity contribution is -0.107. The summed E-state index contributed by atoms with van der Waals surface area (Å²) < 4.78 is 0. The highest BCUT2D eigenvalue weighted by atomic mass is 16.3. The molecule has 0 spiro atoms. The molecule has 0 saturated carbocycles. The van der Waals surface area contributed by atoms with E-state index in [1.54, 1.807) is 12.1 Å². The van der Waals surface area contributed by atoms with Crippen molar-refractivity contribution in [2.24, 2.45) is 0 Å². The van der Waals surface area contributed by atoms with Gasteiger partial charge < -0.3 is 15.2 Å². The molecule has 1 unspecified atom stereocenters. The van der Waals surface area contributed by atoms with Gasteiger partial charge in [0.1, 0.15) is 12.0 Å². The standard InChI is InChI=1S/C12H17N3O2.C9H10O/c1-15-7-10(14-8-15)6-13-12(17)9-2-4-11(16)5-3-9;10-8-4-7-9-5-2-1-3-6-9/h2-5,10,14,16H,6-8H2,1H3,(H,13,17);1-3,5-6,8H,4,7H2. The van der Waals surface area contributed by atoms with Crippen LogP contribution >= 0.6 is 0 Å². The first-order valence-electron chi connectivity index (χ1n) is 9.05. The van der Waals surface area contributed by atoms with E-state index in [4.69, 9.17) is 5.11 Å². The molecular weight excluding hydrogens is 342 g/mol. The molecule has 1 amide bonds. The van der Waals surface area contributed by atoms with Gasteiger partial charge in [-0.3, -0.25) is 15.0 Å². The van der Waals surface area contributed by atoms with Gasteiger partial charge in [0.15, 0.2) is 0 Å². The SMILES string of the molecule is CN1CNC(CNC(=O)c2ccc(O)cc2)C1.O=CCCc1ccccc1. The quantitative estimate of drug-likeness (QED) is 0.677. The Labute approximate surface area is 160 Å². The van der Waals surface area contributed by atoms with Crippen LogP contribution < -0.4 is 10.6 Å². The monoisotopic (exact) mass is 369 g/mol. The summed E-state index contributed by atoms with van der Waals surface area (Å²) in [4.78, 5) is 23.9. The summed E-state index contributed by atoms with van der Waals surface area (Å²) in [5.41, 5.74) is 1.80. The van der Waals surface area contributed by atoms with Crippen molar-refractivity contribution in [1.29, 1.82) is 0 Å². The fourth-order valence-corrected chi connectivity index (χ4v) is 2.73. The molecule has 0 radical (unpaired) electrons. The molecule has 27 heavy (non-hydrogen) atoms. The summed E-state index contributed by atoms with van der Waals surface area (Å²) in [5, 5.41) is 15.3. The van der Waals surface area contributed by atoms with Gasteiger partial charge in [-0.1, -0.05) is 30.3 Å². The minimum atomic E-state index is -0.110. The third-order valence-corrected chi connectivity index (χ3v) is 4.21. The van der Waals surface area contributed by atoms with E-state index in [0.717, 1.165) is 25.9 Å². The number of aldehydes is 1. The number of benzene rings is 2. The van der Waals surface area contributed by atoms with Gasteiger partial charge in [-0.2, -0.15) is 0 Å². The molecule has 1 heterocycles. The lowest BCUT2D eigenvalue weighted by Gasteiger charge is -2.11. The van der Waals surface area contributed by atoms with Crippen LogP contribution in [0.25, 0.3) is 0 Å². The zero-order valence-corrected chi connectivity index (χ0v) is 15.6. The van der Waals surface area contributed by atoms with E-state index in [2.05, 4.69) is 15.5 Å². The molecule has 0 aromatic heterocycles. The Hall–Kier alpha value is -2.70. The number of carbonyl (C=O) groups excluding carboxylic acids is 2. The number of phenols is 1. The molecule has 1 saturated heterocycles. The Morgan fingerprint density at radius 3 is 2.52 bits per heavy atom. The van der Waals surface area contributed by atoms with Crippen LogP contribution in [-0.4, -0.2) is 55.0 Å². The highest BCUT2D eigenvalue weighted by Crippen LogP contribution is 2.09. The molecule has 2 aromatic carbocycles. The number of nitrogens with zero attached hydrogens (tertiary/aromatic N) is 1. The summed E-state index contributed by atoms with van der Waals surface area (Å²) in [6.07, 6.45) is 2.45. The van der Waals surface area contributed by atoms with E-state index in [1.807, 2.05) is 37.4 Å². The normalized spacial score (nSPS) is 16.3. The van der Waals surface area contributed by atoms with Gasteiger partial charge in [0.25, 0.3) is 5.91 Å². The maximum absolute atomic E-state index is 11.8. The first kappa shape index (κ1) is 20.6. The third-order valence-electron chi connectivity index (χ3n) is 4.21. The van der Waals surface area contributed by atoms with Gasteiger partial charge in [0.05, 0.1) is 0 Å². The van der Waals surface area contributed by atoms with Gasteiger partial charge in [0.2, 0.25) is 0 Å². The minimum Gasteiger partial charge on any atom is -0.508 e. The number of carbonyl (C=O) groups is 2. The summed E-state index contributed by atoms with van der Waals surface area (Å²) >= 11 is 0. The molecule has 1 aliphatic heterocycles. The van der Waals surface area contributed by atoms with Crippen molar-refractivity contribution in [2.45, 2.75) is 18.9 Å². The maximum atomic E-state index is 11.8. The lowest BCUT2D eigenvalue weighted by Crippen LogP contribution is -2.38. The second kappa shape index (κ2) is 11.1. The number of hydrogen-bond donors (Lipinski definition) is 3. The molecule has 1 aliphatic rings. The second-order valence-electron chi connectivity index (χ2n) is 6.55. The number of nitrogens with one attached hydrogen (secondary N) is 2. The van der Waals surface area contributed by atoms with Gasteiger partial charge in [-0.15, -0.1) is 0 Å². The van der Waals surface area contributed by atoms with Crippen LogP contribution in [-0.2, 0) is 11.2 Å². The Bertz CT molecular complexity index is 704.